The van der Waals surface area contributed by atoms with Crippen LogP contribution in [0.25, 0.3) is 0 Å². The Labute approximate surface area is 207 Å². The summed E-state index contributed by atoms with van der Waals surface area (Å²) in [6.45, 7) is 0. The van der Waals surface area contributed by atoms with Crippen molar-refractivity contribution >= 4 is 6.03 Å². The standard InChI is InChI=1S/C28H28F4N2O2/c1-36-25-13-11-20(12-14-25)27(18-19-7-3-2-4-8-19,34-26(35)33-24-9-5-6-10-24)21-15-22(28(30,31)32)17-23(29)16-21/h2-4,7-8,11-17,24H,5-6,9-10,18H2,1H3,(H2,33,34,35). The second-order valence-electron chi connectivity index (χ2n) is 9.10. The molecule has 190 valence electrons. The average Bonchev–Trinajstić information content (AvgIpc) is 3.36. The number of hydrogen-bond acceptors (Lipinski definition) is 2. The van der Waals surface area contributed by atoms with Crippen molar-refractivity contribution in [2.24, 2.45) is 0 Å². The predicted octanol–water partition coefficient (Wildman–Crippen LogP) is 6.58. The summed E-state index contributed by atoms with van der Waals surface area (Å²) >= 11 is 0. The van der Waals surface area contributed by atoms with E-state index in [0.717, 1.165) is 43.4 Å². The second kappa shape index (κ2) is 10.6. The fourth-order valence-electron chi connectivity index (χ4n) is 4.82. The van der Waals surface area contributed by atoms with Crippen molar-refractivity contribution in [3.05, 3.63) is 101 Å². The van der Waals surface area contributed by atoms with Crippen molar-refractivity contribution in [3.8, 4) is 5.75 Å². The molecule has 0 aliphatic heterocycles. The zero-order valence-corrected chi connectivity index (χ0v) is 19.9. The van der Waals surface area contributed by atoms with Crippen LogP contribution in [-0.2, 0) is 18.1 Å². The van der Waals surface area contributed by atoms with Gasteiger partial charge in [-0.1, -0.05) is 55.3 Å². The average molecular weight is 501 g/mol. The van der Waals surface area contributed by atoms with E-state index in [1.54, 1.807) is 36.4 Å². The molecule has 4 rings (SSSR count). The molecule has 0 saturated heterocycles. The highest BCUT2D eigenvalue weighted by molar-refractivity contribution is 5.76. The highest BCUT2D eigenvalue weighted by Crippen LogP contribution is 2.38. The molecule has 1 fully saturated rings. The van der Waals surface area contributed by atoms with Gasteiger partial charge in [0.15, 0.2) is 0 Å². The summed E-state index contributed by atoms with van der Waals surface area (Å²) in [5.41, 5.74) is -1.38. The quantitative estimate of drug-likeness (QED) is 0.360. The Morgan fingerprint density at radius 2 is 1.56 bits per heavy atom. The van der Waals surface area contributed by atoms with Gasteiger partial charge in [-0.3, -0.25) is 0 Å². The van der Waals surface area contributed by atoms with E-state index >= 15 is 0 Å². The monoisotopic (exact) mass is 500 g/mol. The summed E-state index contributed by atoms with van der Waals surface area (Å²) in [5, 5.41) is 5.91. The molecule has 1 unspecified atom stereocenters. The highest BCUT2D eigenvalue weighted by atomic mass is 19.4. The highest BCUT2D eigenvalue weighted by Gasteiger charge is 2.40. The fraction of sp³-hybridized carbons (Fsp3) is 0.321. The first-order valence-electron chi connectivity index (χ1n) is 11.8. The summed E-state index contributed by atoms with van der Waals surface area (Å²) in [4.78, 5) is 13.3. The Hall–Kier alpha value is -3.55. The van der Waals surface area contributed by atoms with Gasteiger partial charge in [0.25, 0.3) is 0 Å². The molecule has 0 aromatic heterocycles. The number of nitrogens with one attached hydrogen (secondary N) is 2. The Balaban J connectivity index is 1.89. The molecule has 4 nitrogen and oxygen atoms in total. The summed E-state index contributed by atoms with van der Waals surface area (Å²) in [6, 6.07) is 17.6. The summed E-state index contributed by atoms with van der Waals surface area (Å²) in [6.07, 6.45) is -1.01. The SMILES string of the molecule is COc1ccc(C(Cc2ccccc2)(NC(=O)NC2CCCC2)c2cc(F)cc(C(F)(F)F)c2)cc1. The Kier molecular flexibility index (Phi) is 7.52. The zero-order chi connectivity index (χ0) is 25.8. The van der Waals surface area contributed by atoms with Crippen LogP contribution in [0.2, 0.25) is 0 Å². The largest absolute Gasteiger partial charge is 0.497 e. The molecule has 1 atom stereocenters. The topological polar surface area (TPSA) is 50.4 Å². The van der Waals surface area contributed by atoms with Crippen molar-refractivity contribution in [2.45, 2.75) is 49.9 Å². The number of ether oxygens (including phenoxy) is 1. The van der Waals surface area contributed by atoms with E-state index < -0.39 is 29.1 Å². The number of rotatable bonds is 7. The molecule has 0 radical (unpaired) electrons. The minimum atomic E-state index is -4.76. The second-order valence-corrected chi connectivity index (χ2v) is 9.10. The number of benzene rings is 3. The molecule has 36 heavy (non-hydrogen) atoms. The van der Waals surface area contributed by atoms with E-state index in [1.165, 1.54) is 7.11 Å². The van der Waals surface area contributed by atoms with Gasteiger partial charge in [0.05, 0.1) is 18.2 Å². The van der Waals surface area contributed by atoms with Gasteiger partial charge in [0.2, 0.25) is 0 Å². The van der Waals surface area contributed by atoms with Crippen molar-refractivity contribution in [1.29, 1.82) is 0 Å². The number of hydrogen-bond donors (Lipinski definition) is 2. The lowest BCUT2D eigenvalue weighted by Crippen LogP contribution is -2.53. The lowest BCUT2D eigenvalue weighted by atomic mass is 9.77. The van der Waals surface area contributed by atoms with Crippen molar-refractivity contribution in [3.63, 3.8) is 0 Å². The molecule has 0 bridgehead atoms. The van der Waals surface area contributed by atoms with E-state index in [2.05, 4.69) is 10.6 Å². The maximum Gasteiger partial charge on any atom is 0.416 e. The van der Waals surface area contributed by atoms with E-state index in [4.69, 9.17) is 4.74 Å². The third-order valence-corrected chi connectivity index (χ3v) is 6.63. The third kappa shape index (κ3) is 5.80. The molecule has 0 heterocycles. The maximum absolute atomic E-state index is 14.7. The van der Waals surface area contributed by atoms with Crippen LogP contribution in [0.1, 0.15) is 47.9 Å². The van der Waals surface area contributed by atoms with Gasteiger partial charge in [0.1, 0.15) is 11.6 Å². The maximum atomic E-state index is 14.7. The van der Waals surface area contributed by atoms with Crippen LogP contribution in [0.4, 0.5) is 22.4 Å². The van der Waals surface area contributed by atoms with Gasteiger partial charge in [0, 0.05) is 12.5 Å². The molecule has 1 aliphatic rings. The van der Waals surface area contributed by atoms with E-state index in [0.29, 0.717) is 17.4 Å². The summed E-state index contributed by atoms with van der Waals surface area (Å²) in [7, 11) is 1.50. The van der Waals surface area contributed by atoms with Crippen LogP contribution < -0.4 is 15.4 Å². The smallest absolute Gasteiger partial charge is 0.416 e. The van der Waals surface area contributed by atoms with Crippen molar-refractivity contribution in [2.75, 3.05) is 7.11 Å². The zero-order valence-electron chi connectivity index (χ0n) is 19.9. The molecule has 8 heteroatoms. The predicted molar refractivity (Wildman–Crippen MR) is 129 cm³/mol. The normalized spacial score (nSPS) is 15.8. The number of methoxy groups -OCH3 is 1. The van der Waals surface area contributed by atoms with E-state index in [-0.39, 0.29) is 18.0 Å². The third-order valence-electron chi connectivity index (χ3n) is 6.63. The van der Waals surface area contributed by atoms with Gasteiger partial charge in [-0.05, 0) is 59.9 Å². The number of urea groups is 1. The van der Waals surface area contributed by atoms with Gasteiger partial charge in [-0.2, -0.15) is 13.2 Å². The van der Waals surface area contributed by atoms with Crippen LogP contribution in [0.15, 0.2) is 72.8 Å². The van der Waals surface area contributed by atoms with Crippen LogP contribution in [0, 0.1) is 5.82 Å². The number of amides is 2. The first-order chi connectivity index (χ1) is 17.2. The molecular weight excluding hydrogens is 472 g/mol. The first kappa shape index (κ1) is 25.5. The van der Waals surface area contributed by atoms with Gasteiger partial charge in [-0.25, -0.2) is 9.18 Å². The number of carbonyl (C=O) groups excluding carboxylic acids is 1. The minimum absolute atomic E-state index is 0.00887. The fourth-order valence-corrected chi connectivity index (χ4v) is 4.82. The molecular formula is C28H28F4N2O2. The lowest BCUT2D eigenvalue weighted by molar-refractivity contribution is -0.137. The molecule has 2 N–H and O–H groups in total. The van der Waals surface area contributed by atoms with Gasteiger partial charge < -0.3 is 15.4 Å². The van der Waals surface area contributed by atoms with Crippen LogP contribution >= 0.6 is 0 Å². The van der Waals surface area contributed by atoms with Crippen LogP contribution in [0.3, 0.4) is 0 Å². The van der Waals surface area contributed by atoms with Gasteiger partial charge in [-0.15, -0.1) is 0 Å². The number of alkyl halides is 3. The first-order valence-corrected chi connectivity index (χ1v) is 11.8. The van der Waals surface area contributed by atoms with Crippen molar-refractivity contribution in [1.82, 2.24) is 10.6 Å². The van der Waals surface area contributed by atoms with Crippen LogP contribution in [0.5, 0.6) is 5.75 Å². The Morgan fingerprint density at radius 1 is 0.917 bits per heavy atom. The number of halogens is 4. The lowest BCUT2D eigenvalue weighted by Gasteiger charge is -2.37. The molecule has 1 aliphatic carbocycles. The Morgan fingerprint density at radius 3 is 2.17 bits per heavy atom. The molecule has 1 saturated carbocycles. The summed E-state index contributed by atoms with van der Waals surface area (Å²) in [5.74, 6) is -0.498. The Bertz CT molecular complexity index is 1180. The van der Waals surface area contributed by atoms with Crippen LogP contribution in [-0.4, -0.2) is 19.2 Å². The van der Waals surface area contributed by atoms with E-state index in [1.807, 2.05) is 18.2 Å². The molecule has 0 spiro atoms. The van der Waals surface area contributed by atoms with E-state index in [9.17, 15) is 22.4 Å². The molecule has 3 aromatic carbocycles. The molecule has 2 amide bonds. The molecule has 3 aromatic rings. The van der Waals surface area contributed by atoms with Crippen molar-refractivity contribution < 1.29 is 27.1 Å². The number of carbonyl (C=O) groups is 1. The minimum Gasteiger partial charge on any atom is -0.497 e. The van der Waals surface area contributed by atoms with Gasteiger partial charge >= 0.3 is 12.2 Å². The summed E-state index contributed by atoms with van der Waals surface area (Å²) < 4.78 is 61.1.